The summed E-state index contributed by atoms with van der Waals surface area (Å²) < 4.78 is 6.17. The molecule has 0 saturated carbocycles. The van der Waals surface area contributed by atoms with Gasteiger partial charge in [0.25, 0.3) is 0 Å². The van der Waals surface area contributed by atoms with Crippen LogP contribution >= 0.6 is 0 Å². The Morgan fingerprint density at radius 2 is 2.04 bits per heavy atom. The van der Waals surface area contributed by atoms with Crippen molar-refractivity contribution in [2.24, 2.45) is 0 Å². The summed E-state index contributed by atoms with van der Waals surface area (Å²) >= 11 is 0. The number of anilines is 1. The van der Waals surface area contributed by atoms with E-state index in [1.807, 2.05) is 67.6 Å². The second-order valence-electron chi connectivity index (χ2n) is 6.41. The van der Waals surface area contributed by atoms with Crippen molar-refractivity contribution < 1.29 is 4.74 Å². The molecule has 2 aromatic carbocycles. The van der Waals surface area contributed by atoms with Gasteiger partial charge in [0.15, 0.2) is 0 Å². The molecule has 1 atom stereocenters. The maximum atomic E-state index is 9.24. The van der Waals surface area contributed by atoms with Crippen LogP contribution in [0.4, 0.5) is 5.69 Å². The quantitative estimate of drug-likeness (QED) is 0.436. The predicted octanol–water partition coefficient (Wildman–Crippen LogP) is 5.68. The molecule has 3 rings (SSSR count). The van der Waals surface area contributed by atoms with Gasteiger partial charge in [-0.1, -0.05) is 49.1 Å². The Morgan fingerprint density at radius 3 is 2.78 bits per heavy atom. The van der Waals surface area contributed by atoms with Crippen LogP contribution in [0.25, 0.3) is 16.7 Å². The molecule has 1 aliphatic heterocycles. The number of hydrogen-bond acceptors (Lipinski definition) is 3. The molecule has 0 radical (unpaired) electrons. The molecule has 0 saturated heterocycles. The van der Waals surface area contributed by atoms with Crippen molar-refractivity contribution in [1.29, 1.82) is 5.26 Å². The molecular formula is C24H22N2O. The smallest absolute Gasteiger partial charge is 0.127 e. The third-order valence-electron chi connectivity index (χ3n) is 4.49. The zero-order valence-corrected chi connectivity index (χ0v) is 15.4. The van der Waals surface area contributed by atoms with Gasteiger partial charge < -0.3 is 10.5 Å². The Hall–Kier alpha value is -3.51. The van der Waals surface area contributed by atoms with Crippen molar-refractivity contribution in [3.8, 4) is 22.9 Å². The van der Waals surface area contributed by atoms with Crippen LogP contribution in [0.2, 0.25) is 0 Å². The molecule has 1 unspecified atom stereocenters. The Balaban J connectivity index is 1.96. The molecule has 0 amide bonds. The van der Waals surface area contributed by atoms with Crippen LogP contribution in [0.3, 0.4) is 0 Å². The predicted molar refractivity (Wildman–Crippen MR) is 112 cm³/mol. The van der Waals surface area contributed by atoms with Gasteiger partial charge >= 0.3 is 0 Å². The van der Waals surface area contributed by atoms with Crippen LogP contribution < -0.4 is 10.5 Å². The Bertz CT molecular complexity index is 990. The molecule has 2 N–H and O–H groups in total. The molecule has 1 aliphatic rings. The zero-order chi connectivity index (χ0) is 19.2. The van der Waals surface area contributed by atoms with E-state index in [9.17, 15) is 5.26 Å². The van der Waals surface area contributed by atoms with Crippen molar-refractivity contribution >= 4 is 11.3 Å². The fourth-order valence-electron chi connectivity index (χ4n) is 3.11. The van der Waals surface area contributed by atoms with E-state index in [2.05, 4.69) is 18.7 Å². The number of benzene rings is 2. The van der Waals surface area contributed by atoms with Crippen LogP contribution in [0.5, 0.6) is 5.75 Å². The number of nitriles is 1. The average molecular weight is 354 g/mol. The summed E-state index contributed by atoms with van der Waals surface area (Å²) in [6, 6.07) is 15.9. The van der Waals surface area contributed by atoms with Gasteiger partial charge in [-0.05, 0) is 53.5 Å². The molecule has 3 nitrogen and oxygen atoms in total. The first-order valence-electron chi connectivity index (χ1n) is 8.86. The lowest BCUT2D eigenvalue weighted by Gasteiger charge is -2.29. The van der Waals surface area contributed by atoms with E-state index < -0.39 is 0 Å². The van der Waals surface area contributed by atoms with Gasteiger partial charge in [0.05, 0.1) is 6.07 Å². The molecular weight excluding hydrogens is 332 g/mol. The van der Waals surface area contributed by atoms with Gasteiger partial charge in [-0.25, -0.2) is 0 Å². The van der Waals surface area contributed by atoms with E-state index in [0.717, 1.165) is 39.3 Å². The Labute approximate surface area is 160 Å². The minimum Gasteiger partial charge on any atom is -0.485 e. The van der Waals surface area contributed by atoms with Gasteiger partial charge in [-0.2, -0.15) is 5.26 Å². The van der Waals surface area contributed by atoms with Gasteiger partial charge in [0, 0.05) is 23.7 Å². The molecule has 0 spiro atoms. The maximum Gasteiger partial charge on any atom is 0.127 e. The van der Waals surface area contributed by atoms with Gasteiger partial charge in [-0.3, -0.25) is 0 Å². The Morgan fingerprint density at radius 1 is 1.22 bits per heavy atom. The third-order valence-corrected chi connectivity index (χ3v) is 4.49. The van der Waals surface area contributed by atoms with Crippen LogP contribution in [0.15, 0.2) is 85.0 Å². The zero-order valence-electron chi connectivity index (χ0n) is 15.4. The Kier molecular flexibility index (Phi) is 5.58. The highest BCUT2D eigenvalue weighted by Gasteiger charge is 2.25. The molecule has 1 heterocycles. The highest BCUT2D eigenvalue weighted by atomic mass is 16.5. The second kappa shape index (κ2) is 8.25. The number of rotatable bonds is 4. The van der Waals surface area contributed by atoms with Gasteiger partial charge in [0.1, 0.15) is 11.9 Å². The fraction of sp³-hybridized carbons (Fsp3) is 0.125. The summed E-state index contributed by atoms with van der Waals surface area (Å²) in [5, 5.41) is 9.24. The molecule has 0 fully saturated rings. The van der Waals surface area contributed by atoms with Crippen molar-refractivity contribution in [3.05, 3.63) is 90.6 Å². The average Bonchev–Trinajstić information content (AvgIpc) is 2.68. The number of nitrogens with zero attached hydrogens (tertiary/aromatic N) is 1. The van der Waals surface area contributed by atoms with Crippen molar-refractivity contribution in [2.45, 2.75) is 19.4 Å². The lowest BCUT2D eigenvalue weighted by Crippen LogP contribution is -2.23. The van der Waals surface area contributed by atoms with Crippen molar-refractivity contribution in [3.63, 3.8) is 0 Å². The van der Waals surface area contributed by atoms with Gasteiger partial charge in [0.2, 0.25) is 0 Å². The standard InChI is InChI=1S/C24H22N2O/c1-3-4-5-7-17(2)24-16-20(12-13-25)22-15-19(10-11-23(22)27-24)18-8-6-9-21(26)14-18/h3-12,14-15,24H,2,16,26H2,1H3/b4-3-,7-5-,20-12-. The number of hydrogen-bond donors (Lipinski definition) is 1. The second-order valence-corrected chi connectivity index (χ2v) is 6.41. The summed E-state index contributed by atoms with van der Waals surface area (Å²) in [4.78, 5) is 0. The summed E-state index contributed by atoms with van der Waals surface area (Å²) in [7, 11) is 0. The van der Waals surface area contributed by atoms with E-state index in [0.29, 0.717) is 6.42 Å². The van der Waals surface area contributed by atoms with Gasteiger partial charge in [-0.15, -0.1) is 0 Å². The van der Waals surface area contributed by atoms with E-state index in [1.165, 1.54) is 0 Å². The van der Waals surface area contributed by atoms with Crippen molar-refractivity contribution in [2.75, 3.05) is 5.73 Å². The van der Waals surface area contributed by atoms with Crippen LogP contribution in [-0.2, 0) is 0 Å². The minimum absolute atomic E-state index is 0.183. The van der Waals surface area contributed by atoms with Crippen LogP contribution in [0.1, 0.15) is 18.9 Å². The summed E-state index contributed by atoms with van der Waals surface area (Å²) in [5.74, 6) is 0.765. The number of nitrogens with two attached hydrogens (primary N) is 1. The molecule has 134 valence electrons. The fourth-order valence-corrected chi connectivity index (χ4v) is 3.11. The third kappa shape index (κ3) is 4.19. The summed E-state index contributed by atoms with van der Waals surface area (Å²) in [5.41, 5.74) is 11.5. The highest BCUT2D eigenvalue weighted by molar-refractivity contribution is 5.79. The molecule has 27 heavy (non-hydrogen) atoms. The first kappa shape index (κ1) is 18.3. The molecule has 3 heteroatoms. The van der Waals surface area contributed by atoms with E-state index >= 15 is 0 Å². The SMILES string of the molecule is C=C(/C=C\C=C/C)C1C/C(=C/C#N)c2cc(-c3cccc(N)c3)ccc2O1. The largest absolute Gasteiger partial charge is 0.485 e. The first-order chi connectivity index (χ1) is 13.1. The summed E-state index contributed by atoms with van der Waals surface area (Å²) in [6.07, 6.45) is 9.82. The van der Waals surface area contributed by atoms with E-state index in [4.69, 9.17) is 10.5 Å². The summed E-state index contributed by atoms with van der Waals surface area (Å²) in [6.45, 7) is 6.09. The number of ether oxygens (including phenoxy) is 1. The molecule has 0 aromatic heterocycles. The lowest BCUT2D eigenvalue weighted by molar-refractivity contribution is 0.237. The number of allylic oxidation sites excluding steroid dienone is 4. The normalized spacial score (nSPS) is 17.6. The number of fused-ring (bicyclic) bond motifs is 1. The highest BCUT2D eigenvalue weighted by Crippen LogP contribution is 2.40. The van der Waals surface area contributed by atoms with Crippen molar-refractivity contribution in [1.82, 2.24) is 0 Å². The number of nitrogen functional groups attached to an aromatic ring is 1. The topological polar surface area (TPSA) is 59.0 Å². The molecule has 2 aromatic rings. The first-order valence-corrected chi connectivity index (χ1v) is 8.86. The molecule has 0 aliphatic carbocycles. The van der Waals surface area contributed by atoms with E-state index in [-0.39, 0.29) is 6.10 Å². The van der Waals surface area contributed by atoms with Crippen LogP contribution in [0, 0.1) is 11.3 Å². The van der Waals surface area contributed by atoms with E-state index in [1.54, 1.807) is 6.08 Å². The lowest BCUT2D eigenvalue weighted by atomic mass is 9.90. The molecule has 0 bridgehead atoms. The van der Waals surface area contributed by atoms with Crippen LogP contribution in [-0.4, -0.2) is 6.10 Å². The monoisotopic (exact) mass is 354 g/mol. The minimum atomic E-state index is -0.183. The maximum absolute atomic E-state index is 9.24.